The van der Waals surface area contributed by atoms with E-state index in [4.69, 9.17) is 18.9 Å². The summed E-state index contributed by atoms with van der Waals surface area (Å²) < 4.78 is 62.7. The number of benzene rings is 3. The molecule has 2 fully saturated rings. The first-order chi connectivity index (χ1) is 27.0. The molecule has 2 bridgehead atoms. The maximum absolute atomic E-state index is 14.9. The number of halogens is 3. The zero-order valence-electron chi connectivity index (χ0n) is 31.1. The molecule has 3 aliphatic rings. The molecule has 0 spiro atoms. The predicted octanol–water partition coefficient (Wildman–Crippen LogP) is 5.06. The third kappa shape index (κ3) is 9.62. The number of nitrogens with zero attached hydrogens (tertiary/aromatic N) is 2. The summed E-state index contributed by atoms with van der Waals surface area (Å²) in [6.45, 7) is 0.814. The number of carboxylic acid groups (broad SMARTS) is 1. The van der Waals surface area contributed by atoms with Gasteiger partial charge in [-0.15, -0.1) is 0 Å². The number of rotatable bonds is 18. The van der Waals surface area contributed by atoms with E-state index in [9.17, 15) is 37.5 Å². The highest BCUT2D eigenvalue weighted by Gasteiger charge is 2.43. The second kappa shape index (κ2) is 17.9. The fraction of sp³-hybridized carbons (Fsp3) is 0.415. The number of fused-ring (bicyclic) bond motifs is 2. The summed E-state index contributed by atoms with van der Waals surface area (Å²) in [5.41, 5.74) is 3.92. The molecule has 1 aliphatic carbocycles. The van der Waals surface area contributed by atoms with E-state index < -0.39 is 47.7 Å². The van der Waals surface area contributed by atoms with Crippen molar-refractivity contribution in [2.24, 2.45) is 0 Å². The number of ether oxygens (including phenoxy) is 4. The first-order valence-corrected chi connectivity index (χ1v) is 18.4. The second-order valence-electron chi connectivity index (χ2n) is 14.2. The number of hydrogen-bond donors (Lipinski definition) is 2. The van der Waals surface area contributed by atoms with Crippen LogP contribution in [0.4, 0.5) is 13.2 Å². The van der Waals surface area contributed by atoms with E-state index in [1.807, 2.05) is 41.3 Å². The molecule has 15 heteroatoms. The van der Waals surface area contributed by atoms with Crippen LogP contribution < -0.4 is 19.5 Å². The van der Waals surface area contributed by atoms with Crippen molar-refractivity contribution in [3.05, 3.63) is 94.3 Å². The summed E-state index contributed by atoms with van der Waals surface area (Å²) in [7, 11) is 3.12. The molecule has 0 aromatic heterocycles. The van der Waals surface area contributed by atoms with Crippen LogP contribution in [0.25, 0.3) is 5.57 Å². The van der Waals surface area contributed by atoms with Gasteiger partial charge in [0.1, 0.15) is 17.6 Å². The Labute approximate surface area is 322 Å². The van der Waals surface area contributed by atoms with Crippen LogP contribution in [0.15, 0.2) is 60.2 Å². The third-order valence-corrected chi connectivity index (χ3v) is 10.2. The summed E-state index contributed by atoms with van der Waals surface area (Å²) in [6.07, 6.45) is 1.02. The zero-order chi connectivity index (χ0) is 39.9. The minimum Gasteiger partial charge on any atom is -0.497 e. The van der Waals surface area contributed by atoms with Gasteiger partial charge in [-0.3, -0.25) is 19.2 Å². The summed E-state index contributed by atoms with van der Waals surface area (Å²) in [6, 6.07) is 13.9. The second-order valence-corrected chi connectivity index (χ2v) is 14.2. The van der Waals surface area contributed by atoms with E-state index >= 15 is 0 Å². The van der Waals surface area contributed by atoms with Crippen LogP contribution in [0.1, 0.15) is 55.2 Å². The number of carbonyl (C=O) groups is 4. The predicted molar refractivity (Wildman–Crippen MR) is 196 cm³/mol. The molecule has 1 saturated carbocycles. The van der Waals surface area contributed by atoms with Crippen LogP contribution in [0.3, 0.4) is 0 Å². The average Bonchev–Trinajstić information content (AvgIpc) is 4.03. The first kappa shape index (κ1) is 40.1. The van der Waals surface area contributed by atoms with Crippen LogP contribution >= 0.6 is 0 Å². The highest BCUT2D eigenvalue weighted by atomic mass is 19.2. The fourth-order valence-corrected chi connectivity index (χ4v) is 7.36. The Hall–Kier alpha value is -5.57. The maximum Gasteiger partial charge on any atom is 0.307 e. The molecule has 2 aliphatic heterocycles. The lowest BCUT2D eigenvalue weighted by molar-refractivity contribution is -0.147. The van der Waals surface area contributed by atoms with Gasteiger partial charge in [0.15, 0.2) is 17.4 Å². The van der Waals surface area contributed by atoms with Crippen molar-refractivity contribution >= 4 is 29.8 Å². The molecule has 3 aromatic carbocycles. The molecule has 3 atom stereocenters. The number of amides is 2. The quantitative estimate of drug-likeness (QED) is 0.102. The Morgan fingerprint density at radius 3 is 2.29 bits per heavy atom. The van der Waals surface area contributed by atoms with Crippen molar-refractivity contribution in [2.45, 2.75) is 75.7 Å². The Morgan fingerprint density at radius 2 is 1.64 bits per heavy atom. The number of hydrogen-bond acceptors (Lipinski definition) is 9. The molecule has 6 rings (SSSR count). The highest BCUT2D eigenvalue weighted by Crippen LogP contribution is 2.38. The molecular weight excluding hydrogens is 735 g/mol. The number of methoxy groups -OCH3 is 2. The maximum atomic E-state index is 14.9. The number of aliphatic carboxylic acids is 1. The topological polar surface area (TPSA) is 144 Å². The minimum absolute atomic E-state index is 0.00341. The van der Waals surface area contributed by atoms with Gasteiger partial charge in [-0.2, -0.15) is 4.39 Å². The molecule has 56 heavy (non-hydrogen) atoms. The molecule has 1 saturated heterocycles. The van der Waals surface area contributed by atoms with Crippen molar-refractivity contribution in [3.8, 4) is 17.2 Å². The average molecular weight is 780 g/mol. The number of carboxylic acids is 1. The Kier molecular flexibility index (Phi) is 12.8. The van der Waals surface area contributed by atoms with Gasteiger partial charge in [0.2, 0.25) is 11.7 Å². The lowest BCUT2D eigenvalue weighted by atomic mass is 9.82. The Balaban J connectivity index is 1.26. The summed E-state index contributed by atoms with van der Waals surface area (Å²) in [5.74, 6) is -4.89. The fourth-order valence-electron chi connectivity index (χ4n) is 7.36. The third-order valence-electron chi connectivity index (χ3n) is 10.2. The van der Waals surface area contributed by atoms with E-state index in [0.717, 1.165) is 41.2 Å². The van der Waals surface area contributed by atoms with E-state index in [-0.39, 0.29) is 56.5 Å². The van der Waals surface area contributed by atoms with Gasteiger partial charge >= 0.3 is 5.97 Å². The smallest absolute Gasteiger partial charge is 0.307 e. The van der Waals surface area contributed by atoms with Crippen molar-refractivity contribution in [2.75, 3.05) is 33.9 Å². The van der Waals surface area contributed by atoms with Gasteiger partial charge in [-0.05, 0) is 78.6 Å². The highest BCUT2D eigenvalue weighted by molar-refractivity contribution is 6.03. The first-order valence-electron chi connectivity index (χ1n) is 18.4. The normalized spacial score (nSPS) is 18.2. The molecule has 2 N–H and O–H groups in total. The molecule has 0 radical (unpaired) electrons. The van der Waals surface area contributed by atoms with Gasteiger partial charge in [-0.25, -0.2) is 8.78 Å². The SMILES string of the molecule is COc1cc(CN(C(=O)C2=C(c3ccc(CCCOc4c(F)ccc(F)c4F)cc3)C[C@@H]3CN(C(=O)C[C@@H](CC(=O)O)OC=O)C[C@H]2N3)C2CC2)cc(OC)c1. The van der Waals surface area contributed by atoms with Crippen LogP contribution in [0, 0.1) is 17.5 Å². The number of aryl methyl sites for hydroxylation is 1. The van der Waals surface area contributed by atoms with Gasteiger partial charge in [-0.1, -0.05) is 24.3 Å². The van der Waals surface area contributed by atoms with Crippen molar-refractivity contribution in [3.63, 3.8) is 0 Å². The standard InChI is InChI=1S/C41H44F3N3O9/c1-53-29-14-25(15-30(17-29)54-2)20-47(28-9-10-28)41(52)38-32(16-27-21-46(22-35(38)45-27)36(49)18-31(56-23-48)19-37(50)51)26-7-5-24(6-8-26)4-3-13-55-40-34(43)12-11-33(42)39(40)44/h5-8,11-12,14-15,17,23,27-28,31,35,45H,3-4,9-10,13,16,18-22H2,1-2H3,(H,50,51)/t27-,31+,35-/m1/s1. The summed E-state index contributed by atoms with van der Waals surface area (Å²) in [5, 5.41) is 12.8. The monoisotopic (exact) mass is 779 g/mol. The van der Waals surface area contributed by atoms with Crippen LogP contribution in [-0.4, -0.2) is 97.3 Å². The molecule has 2 heterocycles. The molecule has 2 amide bonds. The molecular formula is C41H44F3N3O9. The van der Waals surface area contributed by atoms with Crippen LogP contribution in [0.2, 0.25) is 0 Å². The van der Waals surface area contributed by atoms with Crippen molar-refractivity contribution in [1.82, 2.24) is 15.1 Å². The molecule has 298 valence electrons. The number of carbonyl (C=O) groups excluding carboxylic acids is 3. The number of piperazine rings is 1. The zero-order valence-corrected chi connectivity index (χ0v) is 31.1. The van der Waals surface area contributed by atoms with Gasteiger partial charge < -0.3 is 39.2 Å². The van der Waals surface area contributed by atoms with Gasteiger partial charge in [0, 0.05) is 43.4 Å². The lowest BCUT2D eigenvalue weighted by Crippen LogP contribution is -2.62. The van der Waals surface area contributed by atoms with E-state index in [2.05, 4.69) is 5.32 Å². The number of nitrogens with one attached hydrogen (secondary N) is 1. The molecule has 3 aromatic rings. The minimum atomic E-state index is -1.37. The van der Waals surface area contributed by atoms with Gasteiger partial charge in [0.25, 0.3) is 12.4 Å². The van der Waals surface area contributed by atoms with Crippen LogP contribution in [-0.2, 0) is 36.9 Å². The Bertz CT molecular complexity index is 1950. The van der Waals surface area contributed by atoms with Crippen molar-refractivity contribution in [1.29, 1.82) is 0 Å². The summed E-state index contributed by atoms with van der Waals surface area (Å²) in [4.78, 5) is 54.3. The van der Waals surface area contributed by atoms with E-state index in [0.29, 0.717) is 48.9 Å². The lowest BCUT2D eigenvalue weighted by Gasteiger charge is -2.45. The summed E-state index contributed by atoms with van der Waals surface area (Å²) >= 11 is 0. The Morgan fingerprint density at radius 1 is 0.946 bits per heavy atom. The van der Waals surface area contributed by atoms with E-state index in [1.54, 1.807) is 25.2 Å². The molecule has 12 nitrogen and oxygen atoms in total. The van der Waals surface area contributed by atoms with Gasteiger partial charge in [0.05, 0.1) is 39.7 Å². The van der Waals surface area contributed by atoms with E-state index in [1.165, 1.54) is 0 Å². The molecule has 0 unspecified atom stereocenters. The largest absolute Gasteiger partial charge is 0.497 e. The van der Waals surface area contributed by atoms with Crippen molar-refractivity contribution < 1.29 is 56.4 Å². The van der Waals surface area contributed by atoms with Crippen LogP contribution in [0.5, 0.6) is 17.2 Å².